The first-order valence-corrected chi connectivity index (χ1v) is 8.15. The summed E-state index contributed by atoms with van der Waals surface area (Å²) in [7, 11) is 0. The van der Waals surface area contributed by atoms with Gasteiger partial charge in [0, 0.05) is 6.20 Å². The van der Waals surface area contributed by atoms with Crippen LogP contribution in [0.3, 0.4) is 0 Å². The number of nitrogens with one attached hydrogen (secondary N) is 1. The Morgan fingerprint density at radius 1 is 1.32 bits per heavy atom. The van der Waals surface area contributed by atoms with Gasteiger partial charge in [0.1, 0.15) is 17.1 Å². The largest absolute Gasteiger partial charge is 0.308 e. The van der Waals surface area contributed by atoms with Gasteiger partial charge in [0.15, 0.2) is 11.8 Å². The molecule has 2 heterocycles. The van der Waals surface area contributed by atoms with Crippen LogP contribution in [0.1, 0.15) is 29.7 Å². The van der Waals surface area contributed by atoms with Crippen LogP contribution in [-0.4, -0.2) is 16.7 Å². The number of rotatable bonds is 1. The van der Waals surface area contributed by atoms with Crippen LogP contribution >= 0.6 is 0 Å². The molecule has 25 heavy (non-hydrogen) atoms. The summed E-state index contributed by atoms with van der Waals surface area (Å²) in [6, 6.07) is 12.0. The number of amidine groups is 1. The zero-order valence-electron chi connectivity index (χ0n) is 13.4. The highest BCUT2D eigenvalue weighted by molar-refractivity contribution is 6.10. The van der Waals surface area contributed by atoms with Crippen LogP contribution in [0.25, 0.3) is 0 Å². The van der Waals surface area contributed by atoms with Crippen LogP contribution in [0.5, 0.6) is 0 Å². The number of amides is 1. The number of aliphatic imine (C=N–C) groups is 1. The molecule has 1 aliphatic carbocycles. The van der Waals surface area contributed by atoms with Gasteiger partial charge in [-0.05, 0) is 54.7 Å². The van der Waals surface area contributed by atoms with E-state index in [-0.39, 0.29) is 5.82 Å². The van der Waals surface area contributed by atoms with E-state index >= 15 is 0 Å². The molecule has 2 unspecified atom stereocenters. The van der Waals surface area contributed by atoms with Gasteiger partial charge in [0.05, 0.1) is 6.07 Å². The summed E-state index contributed by atoms with van der Waals surface area (Å²) in [5, 5.41) is 12.3. The van der Waals surface area contributed by atoms with Crippen molar-refractivity contribution >= 4 is 11.7 Å². The average molecular weight is 334 g/mol. The van der Waals surface area contributed by atoms with Crippen molar-refractivity contribution in [2.75, 3.05) is 0 Å². The van der Waals surface area contributed by atoms with E-state index in [9.17, 15) is 14.4 Å². The summed E-state index contributed by atoms with van der Waals surface area (Å²) in [5.41, 5.74) is 1.12. The number of nitrogens with zero attached hydrogens (tertiary/aromatic N) is 3. The molecule has 0 radical (unpaired) electrons. The van der Waals surface area contributed by atoms with Crippen LogP contribution in [-0.2, 0) is 16.8 Å². The molecule has 2 atom stereocenters. The van der Waals surface area contributed by atoms with Crippen molar-refractivity contribution in [2.24, 2.45) is 10.9 Å². The highest BCUT2D eigenvalue weighted by Gasteiger charge is 2.50. The molecule has 0 fully saturated rings. The SMILES string of the molecule is N#CC1C(=O)NC(c2ccccn2)=NC12CCCc1cc(F)ccc12. The lowest BCUT2D eigenvalue weighted by atomic mass is 9.68. The summed E-state index contributed by atoms with van der Waals surface area (Å²) in [6.45, 7) is 0. The minimum Gasteiger partial charge on any atom is -0.308 e. The van der Waals surface area contributed by atoms with Gasteiger partial charge >= 0.3 is 0 Å². The van der Waals surface area contributed by atoms with E-state index in [1.807, 2.05) is 6.07 Å². The maximum atomic E-state index is 13.7. The number of pyridine rings is 1. The maximum Gasteiger partial charge on any atom is 0.245 e. The fourth-order valence-corrected chi connectivity index (χ4v) is 3.78. The lowest BCUT2D eigenvalue weighted by Crippen LogP contribution is -2.52. The Bertz CT molecular complexity index is 919. The first-order chi connectivity index (χ1) is 12.1. The van der Waals surface area contributed by atoms with Crippen molar-refractivity contribution in [2.45, 2.75) is 24.8 Å². The van der Waals surface area contributed by atoms with Crippen molar-refractivity contribution in [3.05, 3.63) is 65.2 Å². The summed E-state index contributed by atoms with van der Waals surface area (Å²) >= 11 is 0. The van der Waals surface area contributed by atoms with Gasteiger partial charge in [-0.3, -0.25) is 14.8 Å². The molecule has 4 rings (SSSR count). The fourth-order valence-electron chi connectivity index (χ4n) is 3.78. The van der Waals surface area contributed by atoms with E-state index in [1.165, 1.54) is 12.1 Å². The van der Waals surface area contributed by atoms with Crippen LogP contribution in [0.2, 0.25) is 0 Å². The third kappa shape index (κ3) is 2.40. The Morgan fingerprint density at radius 3 is 2.96 bits per heavy atom. The van der Waals surface area contributed by atoms with Gasteiger partial charge in [-0.15, -0.1) is 0 Å². The third-order valence-electron chi connectivity index (χ3n) is 4.87. The molecular weight excluding hydrogens is 319 g/mol. The molecule has 124 valence electrons. The highest BCUT2D eigenvalue weighted by atomic mass is 19.1. The second-order valence-electron chi connectivity index (χ2n) is 6.31. The fraction of sp³-hybridized carbons (Fsp3) is 0.263. The van der Waals surface area contributed by atoms with Crippen molar-refractivity contribution in [1.29, 1.82) is 5.26 Å². The Balaban J connectivity index is 1.95. The monoisotopic (exact) mass is 334 g/mol. The normalized spacial score (nSPS) is 24.9. The second-order valence-corrected chi connectivity index (χ2v) is 6.31. The lowest BCUT2D eigenvalue weighted by Gasteiger charge is -2.41. The number of hydrogen-bond donors (Lipinski definition) is 1. The number of nitriles is 1. The van der Waals surface area contributed by atoms with E-state index in [1.54, 1.807) is 24.4 Å². The number of aromatic nitrogens is 1. The van der Waals surface area contributed by atoms with Gasteiger partial charge in [0.25, 0.3) is 0 Å². The Hall–Kier alpha value is -3.07. The molecule has 1 spiro atoms. The third-order valence-corrected chi connectivity index (χ3v) is 4.87. The molecule has 0 bridgehead atoms. The van der Waals surface area contributed by atoms with Crippen molar-refractivity contribution < 1.29 is 9.18 Å². The van der Waals surface area contributed by atoms with E-state index in [4.69, 9.17) is 4.99 Å². The van der Waals surface area contributed by atoms with Crippen LogP contribution in [0.15, 0.2) is 47.6 Å². The Morgan fingerprint density at radius 2 is 2.20 bits per heavy atom. The Kier molecular flexibility index (Phi) is 3.57. The molecular formula is C19H15FN4O. The van der Waals surface area contributed by atoms with Gasteiger partial charge in [0.2, 0.25) is 5.91 Å². The smallest absolute Gasteiger partial charge is 0.245 e. The van der Waals surface area contributed by atoms with Crippen molar-refractivity contribution in [1.82, 2.24) is 10.3 Å². The zero-order valence-corrected chi connectivity index (χ0v) is 13.4. The number of aryl methyl sites for hydroxylation is 1. The predicted molar refractivity (Wildman–Crippen MR) is 89.0 cm³/mol. The average Bonchev–Trinajstić information content (AvgIpc) is 2.62. The molecule has 1 amide bonds. The molecule has 0 saturated carbocycles. The number of hydrogen-bond acceptors (Lipinski definition) is 4. The summed E-state index contributed by atoms with van der Waals surface area (Å²) in [4.78, 5) is 21.7. The van der Waals surface area contributed by atoms with Crippen molar-refractivity contribution in [3.8, 4) is 6.07 Å². The number of carbonyl (C=O) groups is 1. The van der Waals surface area contributed by atoms with E-state index in [0.717, 1.165) is 17.5 Å². The second kappa shape index (κ2) is 5.78. The maximum absolute atomic E-state index is 13.7. The minimum absolute atomic E-state index is 0.321. The molecule has 1 aliphatic heterocycles. The topological polar surface area (TPSA) is 78.1 Å². The van der Waals surface area contributed by atoms with E-state index in [2.05, 4.69) is 16.4 Å². The first-order valence-electron chi connectivity index (χ1n) is 8.15. The first kappa shape index (κ1) is 15.5. The Labute approximate surface area is 144 Å². The minimum atomic E-state index is -0.995. The molecule has 0 saturated heterocycles. The number of carbonyl (C=O) groups excluding carboxylic acids is 1. The number of fused-ring (bicyclic) bond motifs is 2. The summed E-state index contributed by atoms with van der Waals surface area (Å²) < 4.78 is 13.7. The number of halogens is 1. The molecule has 1 aromatic heterocycles. The summed E-state index contributed by atoms with van der Waals surface area (Å²) in [5.74, 6) is -1.31. The summed E-state index contributed by atoms with van der Waals surface area (Å²) in [6.07, 6.45) is 3.63. The van der Waals surface area contributed by atoms with Gasteiger partial charge in [-0.1, -0.05) is 12.1 Å². The van der Waals surface area contributed by atoms with Gasteiger partial charge in [-0.25, -0.2) is 4.39 Å². The van der Waals surface area contributed by atoms with Crippen LogP contribution in [0, 0.1) is 23.1 Å². The van der Waals surface area contributed by atoms with E-state index in [0.29, 0.717) is 24.4 Å². The predicted octanol–water partition coefficient (Wildman–Crippen LogP) is 2.47. The zero-order chi connectivity index (χ0) is 17.4. The quantitative estimate of drug-likeness (QED) is 0.870. The standard InChI is InChI=1S/C19H15FN4O/c20-13-6-7-14-12(10-13)4-3-8-19(14)15(11-21)18(25)23-17(24-19)16-5-1-2-9-22-16/h1-2,5-7,9-10,15H,3-4,8H2,(H,23,24,25). The molecule has 6 heteroatoms. The molecule has 2 aliphatic rings. The van der Waals surface area contributed by atoms with Gasteiger partial charge in [-0.2, -0.15) is 5.26 Å². The highest BCUT2D eigenvalue weighted by Crippen LogP contribution is 2.46. The number of benzene rings is 1. The molecule has 2 aromatic rings. The molecule has 1 N–H and O–H groups in total. The molecule has 5 nitrogen and oxygen atoms in total. The van der Waals surface area contributed by atoms with Gasteiger partial charge < -0.3 is 5.32 Å². The molecule has 1 aromatic carbocycles. The van der Waals surface area contributed by atoms with E-state index < -0.39 is 17.4 Å². The van der Waals surface area contributed by atoms with Crippen LogP contribution in [0.4, 0.5) is 4.39 Å². The lowest BCUT2D eigenvalue weighted by molar-refractivity contribution is -0.124. The van der Waals surface area contributed by atoms with Crippen LogP contribution < -0.4 is 5.32 Å². The van der Waals surface area contributed by atoms with Crippen molar-refractivity contribution in [3.63, 3.8) is 0 Å².